The molecule has 1 aliphatic heterocycles. The highest BCUT2D eigenvalue weighted by molar-refractivity contribution is 9.07. The monoisotopic (exact) mass is 241 g/mol. The lowest BCUT2D eigenvalue weighted by atomic mass is 10.0. The van der Waals surface area contributed by atoms with E-state index in [9.17, 15) is 0 Å². The predicted octanol–water partition coefficient (Wildman–Crippen LogP) is 2.36. The summed E-state index contributed by atoms with van der Waals surface area (Å²) >= 11 is 3.50. The van der Waals surface area contributed by atoms with Gasteiger partial charge in [0.2, 0.25) is 0 Å². The summed E-state index contributed by atoms with van der Waals surface area (Å²) in [5.41, 5.74) is 2.73. The molecule has 0 bridgehead atoms. The first-order chi connectivity index (χ1) is 6.31. The summed E-state index contributed by atoms with van der Waals surface area (Å²) in [5.74, 6) is 1.00. The molecule has 0 aromatic heterocycles. The van der Waals surface area contributed by atoms with Crippen LogP contribution in [0.5, 0.6) is 5.75 Å². The quantitative estimate of drug-likeness (QED) is 0.701. The number of benzene rings is 1. The Bertz CT molecular complexity index is 300. The molecule has 0 aliphatic carbocycles. The van der Waals surface area contributed by atoms with Crippen molar-refractivity contribution in [1.29, 1.82) is 0 Å². The van der Waals surface area contributed by atoms with Gasteiger partial charge in [-0.1, -0.05) is 12.1 Å². The molecule has 0 N–H and O–H groups in total. The van der Waals surface area contributed by atoms with Crippen LogP contribution in [-0.2, 0) is 13.0 Å². The first-order valence-electron chi connectivity index (χ1n) is 4.36. The van der Waals surface area contributed by atoms with E-state index in [-0.39, 0.29) is 0 Å². The van der Waals surface area contributed by atoms with Crippen molar-refractivity contribution >= 4 is 16.1 Å². The fourth-order valence-corrected chi connectivity index (χ4v) is 2.14. The van der Waals surface area contributed by atoms with Crippen LogP contribution >= 0.6 is 16.1 Å². The van der Waals surface area contributed by atoms with Gasteiger partial charge in [-0.2, -0.15) is 0 Å². The number of halogens is 1. The van der Waals surface area contributed by atoms with Crippen LogP contribution in [0, 0.1) is 0 Å². The van der Waals surface area contributed by atoms with Gasteiger partial charge in [0.25, 0.3) is 0 Å². The molecule has 70 valence electrons. The van der Waals surface area contributed by atoms with Gasteiger partial charge in [0.15, 0.2) is 0 Å². The molecule has 0 saturated carbocycles. The zero-order valence-electron chi connectivity index (χ0n) is 7.59. The molecule has 1 aliphatic rings. The number of hydrogen-bond donors (Lipinski definition) is 0. The Kier molecular flexibility index (Phi) is 2.56. The Labute approximate surface area is 86.8 Å². The highest BCUT2D eigenvalue weighted by Crippen LogP contribution is 2.28. The highest BCUT2D eigenvalue weighted by Gasteiger charge is 2.17. The predicted molar refractivity (Wildman–Crippen MR) is 56.0 cm³/mol. The molecule has 0 unspecified atom stereocenters. The van der Waals surface area contributed by atoms with E-state index in [4.69, 9.17) is 4.74 Å². The zero-order valence-corrected chi connectivity index (χ0v) is 9.17. The van der Waals surface area contributed by atoms with Gasteiger partial charge in [0, 0.05) is 34.8 Å². The molecule has 0 spiro atoms. The molecule has 0 amide bonds. The number of fused-ring (bicyclic) bond motifs is 1. The topological polar surface area (TPSA) is 12.5 Å². The summed E-state index contributed by atoms with van der Waals surface area (Å²) in [6, 6.07) is 6.25. The van der Waals surface area contributed by atoms with Crippen molar-refractivity contribution in [3.63, 3.8) is 0 Å². The van der Waals surface area contributed by atoms with Crippen molar-refractivity contribution in [3.05, 3.63) is 29.3 Å². The molecule has 3 heteroatoms. The molecule has 1 heterocycles. The smallest absolute Gasteiger partial charge is 0.123 e. The second-order valence-corrected chi connectivity index (χ2v) is 4.20. The van der Waals surface area contributed by atoms with E-state index < -0.39 is 0 Å². The summed E-state index contributed by atoms with van der Waals surface area (Å²) in [6.07, 6.45) is 1.10. The van der Waals surface area contributed by atoms with E-state index in [1.165, 1.54) is 11.1 Å². The maximum atomic E-state index is 5.31. The van der Waals surface area contributed by atoms with Crippen LogP contribution in [0.2, 0.25) is 0 Å². The van der Waals surface area contributed by atoms with Gasteiger partial charge in [-0.15, -0.1) is 0 Å². The van der Waals surface area contributed by atoms with Crippen LogP contribution in [0.4, 0.5) is 0 Å². The fourth-order valence-electron chi connectivity index (χ4n) is 1.71. The minimum atomic E-state index is 0.930. The van der Waals surface area contributed by atoms with E-state index in [1.807, 2.05) is 6.07 Å². The number of ether oxygens (including phenoxy) is 1. The van der Waals surface area contributed by atoms with Crippen LogP contribution in [-0.4, -0.2) is 17.6 Å². The van der Waals surface area contributed by atoms with Gasteiger partial charge in [0.1, 0.15) is 5.75 Å². The van der Waals surface area contributed by atoms with Crippen molar-refractivity contribution in [3.8, 4) is 5.75 Å². The van der Waals surface area contributed by atoms with Crippen LogP contribution in [0.1, 0.15) is 11.1 Å². The van der Waals surface area contributed by atoms with Crippen LogP contribution in [0.25, 0.3) is 0 Å². The van der Waals surface area contributed by atoms with Crippen molar-refractivity contribution in [2.75, 3.05) is 13.7 Å². The Hall–Kier alpha value is -0.540. The molecule has 0 radical (unpaired) electrons. The number of rotatable bonds is 1. The van der Waals surface area contributed by atoms with Gasteiger partial charge < -0.3 is 4.74 Å². The molecule has 0 fully saturated rings. The standard InChI is InChI=1S/C10H12BrNO/c1-13-10-4-2-3-8-5-6-12(11)7-9(8)10/h2-4H,5-7H2,1H3. The van der Waals surface area contributed by atoms with E-state index >= 15 is 0 Å². The molecule has 1 aromatic rings. The molecule has 1 aromatic carbocycles. The normalized spacial score (nSPS) is 16.8. The highest BCUT2D eigenvalue weighted by atomic mass is 79.9. The fraction of sp³-hybridized carbons (Fsp3) is 0.400. The van der Waals surface area contributed by atoms with Crippen LogP contribution in [0.3, 0.4) is 0 Å². The minimum Gasteiger partial charge on any atom is -0.496 e. The minimum absolute atomic E-state index is 0.930. The summed E-state index contributed by atoms with van der Waals surface area (Å²) in [5, 5.41) is 0. The summed E-state index contributed by atoms with van der Waals surface area (Å²) in [7, 11) is 1.72. The third-order valence-corrected chi connectivity index (χ3v) is 3.01. The molecule has 0 saturated heterocycles. The maximum absolute atomic E-state index is 5.31. The van der Waals surface area contributed by atoms with Crippen molar-refractivity contribution < 1.29 is 4.74 Å². The summed E-state index contributed by atoms with van der Waals surface area (Å²) < 4.78 is 7.45. The lowest BCUT2D eigenvalue weighted by Gasteiger charge is -2.24. The third-order valence-electron chi connectivity index (χ3n) is 2.40. The molecule has 13 heavy (non-hydrogen) atoms. The average molecular weight is 242 g/mol. The zero-order chi connectivity index (χ0) is 9.26. The van der Waals surface area contributed by atoms with E-state index in [0.717, 1.165) is 25.3 Å². The van der Waals surface area contributed by atoms with Crippen molar-refractivity contribution in [2.45, 2.75) is 13.0 Å². The number of nitrogens with zero attached hydrogens (tertiary/aromatic N) is 1. The lowest BCUT2D eigenvalue weighted by Crippen LogP contribution is -2.22. The average Bonchev–Trinajstić information content (AvgIpc) is 2.17. The number of methoxy groups -OCH3 is 1. The van der Waals surface area contributed by atoms with Crippen LogP contribution < -0.4 is 4.74 Å². The molecule has 2 nitrogen and oxygen atoms in total. The Morgan fingerprint density at radius 1 is 1.46 bits per heavy atom. The first-order valence-corrected chi connectivity index (χ1v) is 5.07. The second kappa shape index (κ2) is 3.68. The Balaban J connectivity index is 2.41. The molecule has 2 rings (SSSR count). The lowest BCUT2D eigenvalue weighted by molar-refractivity contribution is 0.388. The van der Waals surface area contributed by atoms with Crippen LogP contribution in [0.15, 0.2) is 18.2 Å². The second-order valence-electron chi connectivity index (χ2n) is 3.19. The number of hydrogen-bond acceptors (Lipinski definition) is 2. The van der Waals surface area contributed by atoms with E-state index in [2.05, 4.69) is 32.2 Å². The Morgan fingerprint density at radius 3 is 3.08 bits per heavy atom. The van der Waals surface area contributed by atoms with E-state index in [1.54, 1.807) is 7.11 Å². The molecular weight excluding hydrogens is 230 g/mol. The SMILES string of the molecule is COc1cccc2c1CN(Br)CC2. The van der Waals surface area contributed by atoms with Crippen molar-refractivity contribution in [2.24, 2.45) is 0 Å². The summed E-state index contributed by atoms with van der Waals surface area (Å²) in [4.78, 5) is 0. The maximum Gasteiger partial charge on any atom is 0.123 e. The Morgan fingerprint density at radius 2 is 2.31 bits per heavy atom. The van der Waals surface area contributed by atoms with Crippen molar-refractivity contribution in [1.82, 2.24) is 3.93 Å². The van der Waals surface area contributed by atoms with Gasteiger partial charge in [-0.25, -0.2) is 3.93 Å². The largest absolute Gasteiger partial charge is 0.496 e. The van der Waals surface area contributed by atoms with Gasteiger partial charge in [-0.3, -0.25) is 0 Å². The van der Waals surface area contributed by atoms with E-state index in [0.29, 0.717) is 0 Å². The van der Waals surface area contributed by atoms with Gasteiger partial charge in [0.05, 0.1) is 7.11 Å². The third kappa shape index (κ3) is 1.71. The molecular formula is C10H12BrNO. The first kappa shape index (κ1) is 9.03. The van der Waals surface area contributed by atoms with Gasteiger partial charge in [-0.05, 0) is 18.1 Å². The van der Waals surface area contributed by atoms with Gasteiger partial charge >= 0.3 is 0 Å². The molecule has 0 atom stereocenters. The summed E-state index contributed by atoms with van der Waals surface area (Å²) in [6.45, 7) is 2.00.